The molecule has 13 nitrogen and oxygen atoms in total. The number of carbonyl (C=O) groups is 6. The molecule has 0 rings (SSSR count). The lowest BCUT2D eigenvalue weighted by Crippen LogP contribution is -2.58. The van der Waals surface area contributed by atoms with Crippen molar-refractivity contribution in [1.29, 1.82) is 0 Å². The zero-order valence-corrected chi connectivity index (χ0v) is 19.2. The third-order valence-electron chi connectivity index (χ3n) is 5.08. The fraction of sp³-hybridized carbons (Fsp3) is 0.700. The van der Waals surface area contributed by atoms with Gasteiger partial charge in [0, 0.05) is 6.42 Å². The monoisotopic (exact) mass is 474 g/mol. The summed E-state index contributed by atoms with van der Waals surface area (Å²) in [4.78, 5) is 71.2. The Morgan fingerprint density at radius 3 is 1.73 bits per heavy atom. The molecule has 0 aliphatic carbocycles. The Labute approximate surface area is 191 Å². The number of carboxylic acid groups (broad SMARTS) is 3. The van der Waals surface area contributed by atoms with Gasteiger partial charge >= 0.3 is 17.9 Å². The Bertz CT molecular complexity index is 741. The summed E-state index contributed by atoms with van der Waals surface area (Å²) in [7, 11) is 0. The van der Waals surface area contributed by atoms with Crippen molar-refractivity contribution in [1.82, 2.24) is 16.0 Å². The number of hydrogen-bond donors (Lipinski definition) is 7. The average Bonchev–Trinajstić information content (AvgIpc) is 2.71. The van der Waals surface area contributed by atoms with Crippen LogP contribution in [0.5, 0.6) is 0 Å². The first-order valence-electron chi connectivity index (χ1n) is 10.5. The van der Waals surface area contributed by atoms with Gasteiger partial charge in [-0.2, -0.15) is 0 Å². The predicted octanol–water partition coefficient (Wildman–Crippen LogP) is -1.11. The van der Waals surface area contributed by atoms with Crippen LogP contribution in [0.2, 0.25) is 0 Å². The maximum Gasteiger partial charge on any atom is 0.326 e. The molecule has 3 amide bonds. The molecule has 5 atom stereocenters. The van der Waals surface area contributed by atoms with Crippen molar-refractivity contribution in [3.05, 3.63) is 0 Å². The van der Waals surface area contributed by atoms with Crippen LogP contribution in [-0.4, -0.2) is 75.1 Å². The lowest BCUT2D eigenvalue weighted by atomic mass is 9.98. The minimum Gasteiger partial charge on any atom is -0.481 e. The van der Waals surface area contributed by atoms with Crippen LogP contribution in [0.1, 0.15) is 53.4 Å². The molecule has 0 saturated heterocycles. The van der Waals surface area contributed by atoms with Crippen molar-refractivity contribution in [2.75, 3.05) is 0 Å². The van der Waals surface area contributed by atoms with Crippen molar-refractivity contribution in [3.63, 3.8) is 0 Å². The van der Waals surface area contributed by atoms with Gasteiger partial charge in [0.2, 0.25) is 17.7 Å². The molecule has 0 aromatic heterocycles. The molecule has 0 bridgehead atoms. The Balaban J connectivity index is 5.62. The first-order valence-corrected chi connectivity index (χ1v) is 10.5. The molecule has 0 radical (unpaired) electrons. The highest BCUT2D eigenvalue weighted by Crippen LogP contribution is 2.08. The van der Waals surface area contributed by atoms with E-state index in [0.29, 0.717) is 6.42 Å². The molecule has 33 heavy (non-hydrogen) atoms. The maximum absolute atomic E-state index is 12.8. The van der Waals surface area contributed by atoms with Crippen LogP contribution < -0.4 is 21.7 Å². The maximum atomic E-state index is 12.8. The van der Waals surface area contributed by atoms with E-state index in [9.17, 15) is 33.9 Å². The van der Waals surface area contributed by atoms with Gasteiger partial charge in [-0.15, -0.1) is 0 Å². The third-order valence-corrected chi connectivity index (χ3v) is 5.08. The SMILES string of the molecule is CCC(C)C(N)C(=O)NC(CCC(=O)O)C(=O)NC(CC(=O)O)C(=O)NC(C(=O)O)C(C)C. The van der Waals surface area contributed by atoms with Crippen LogP contribution >= 0.6 is 0 Å². The second kappa shape index (κ2) is 14.0. The second-order valence-corrected chi connectivity index (χ2v) is 8.13. The van der Waals surface area contributed by atoms with E-state index in [1.165, 1.54) is 13.8 Å². The quantitative estimate of drug-likeness (QED) is 0.151. The van der Waals surface area contributed by atoms with Crippen molar-refractivity contribution in [2.45, 2.75) is 77.5 Å². The van der Waals surface area contributed by atoms with Gasteiger partial charge in [0.1, 0.15) is 18.1 Å². The van der Waals surface area contributed by atoms with Gasteiger partial charge in [-0.1, -0.05) is 34.1 Å². The Morgan fingerprint density at radius 1 is 0.788 bits per heavy atom. The fourth-order valence-corrected chi connectivity index (χ4v) is 2.74. The molecule has 0 aliphatic rings. The van der Waals surface area contributed by atoms with E-state index in [0.717, 1.165) is 0 Å². The third kappa shape index (κ3) is 10.8. The lowest BCUT2D eigenvalue weighted by molar-refractivity contribution is -0.144. The summed E-state index contributed by atoms with van der Waals surface area (Å²) in [6.07, 6.45) is -1.14. The van der Waals surface area contributed by atoms with Crippen molar-refractivity contribution >= 4 is 35.6 Å². The van der Waals surface area contributed by atoms with Gasteiger partial charge in [0.25, 0.3) is 0 Å². The van der Waals surface area contributed by atoms with Crippen molar-refractivity contribution in [2.24, 2.45) is 17.6 Å². The first kappa shape index (κ1) is 29.8. The summed E-state index contributed by atoms with van der Waals surface area (Å²) in [5.74, 6) is -7.55. The molecule has 0 fully saturated rings. The first-order chi connectivity index (χ1) is 15.2. The molecule has 8 N–H and O–H groups in total. The summed E-state index contributed by atoms with van der Waals surface area (Å²) in [6, 6.07) is -5.38. The minimum atomic E-state index is -1.66. The molecular weight excluding hydrogens is 440 g/mol. The summed E-state index contributed by atoms with van der Waals surface area (Å²) >= 11 is 0. The molecule has 0 aromatic carbocycles. The largest absolute Gasteiger partial charge is 0.481 e. The normalized spacial score (nSPS) is 15.5. The van der Waals surface area contributed by atoms with Crippen molar-refractivity contribution in [3.8, 4) is 0 Å². The highest BCUT2D eigenvalue weighted by Gasteiger charge is 2.33. The van der Waals surface area contributed by atoms with Gasteiger partial charge < -0.3 is 37.0 Å². The van der Waals surface area contributed by atoms with Crippen LogP contribution in [-0.2, 0) is 28.8 Å². The number of hydrogen-bond acceptors (Lipinski definition) is 7. The molecule has 0 aromatic rings. The zero-order chi connectivity index (χ0) is 25.9. The Kier molecular flexibility index (Phi) is 12.7. The van der Waals surface area contributed by atoms with E-state index in [1.807, 2.05) is 6.92 Å². The van der Waals surface area contributed by atoms with Crippen LogP contribution in [0.15, 0.2) is 0 Å². The fourth-order valence-electron chi connectivity index (χ4n) is 2.74. The number of aliphatic carboxylic acids is 3. The predicted molar refractivity (Wildman–Crippen MR) is 115 cm³/mol. The Hall–Kier alpha value is -3.22. The van der Waals surface area contributed by atoms with Crippen LogP contribution in [0.4, 0.5) is 0 Å². The Morgan fingerprint density at radius 2 is 1.30 bits per heavy atom. The van der Waals surface area contributed by atoms with Crippen LogP contribution in [0.25, 0.3) is 0 Å². The van der Waals surface area contributed by atoms with E-state index in [2.05, 4.69) is 16.0 Å². The average molecular weight is 475 g/mol. The molecule has 0 aliphatic heterocycles. The molecule has 0 saturated carbocycles. The van der Waals surface area contributed by atoms with Gasteiger partial charge in [0.05, 0.1) is 12.5 Å². The van der Waals surface area contributed by atoms with E-state index in [-0.39, 0.29) is 12.3 Å². The number of nitrogens with two attached hydrogens (primary N) is 1. The van der Waals surface area contributed by atoms with Crippen LogP contribution in [0, 0.1) is 11.8 Å². The van der Waals surface area contributed by atoms with E-state index < -0.39 is 78.6 Å². The minimum absolute atomic E-state index is 0.234. The molecule has 188 valence electrons. The van der Waals surface area contributed by atoms with Crippen molar-refractivity contribution < 1.29 is 44.1 Å². The summed E-state index contributed by atoms with van der Waals surface area (Å²) < 4.78 is 0. The standard InChI is InChI=1S/C20H34N4O9/c1-5-10(4)15(21)19(31)22-11(6-7-13(25)26)17(29)23-12(8-14(27)28)18(30)24-16(9(2)3)20(32)33/h9-12,15-16H,5-8,21H2,1-4H3,(H,22,31)(H,23,29)(H,24,30)(H,25,26)(H,27,28)(H,32,33). The highest BCUT2D eigenvalue weighted by molar-refractivity contribution is 5.95. The van der Waals surface area contributed by atoms with E-state index >= 15 is 0 Å². The van der Waals surface area contributed by atoms with Crippen LogP contribution in [0.3, 0.4) is 0 Å². The van der Waals surface area contributed by atoms with Gasteiger partial charge in [-0.05, 0) is 18.3 Å². The highest BCUT2D eigenvalue weighted by atomic mass is 16.4. The zero-order valence-electron chi connectivity index (χ0n) is 19.2. The van der Waals surface area contributed by atoms with E-state index in [4.69, 9.17) is 15.9 Å². The number of rotatable bonds is 15. The number of carboxylic acids is 3. The molecular formula is C20H34N4O9. The molecule has 0 spiro atoms. The van der Waals surface area contributed by atoms with Gasteiger partial charge in [0.15, 0.2) is 0 Å². The molecule has 13 heteroatoms. The van der Waals surface area contributed by atoms with Gasteiger partial charge in [-0.25, -0.2) is 4.79 Å². The van der Waals surface area contributed by atoms with Gasteiger partial charge in [-0.3, -0.25) is 24.0 Å². The number of nitrogens with one attached hydrogen (secondary N) is 3. The summed E-state index contributed by atoms with van der Waals surface area (Å²) in [5.41, 5.74) is 5.84. The smallest absolute Gasteiger partial charge is 0.326 e. The van der Waals surface area contributed by atoms with E-state index in [1.54, 1.807) is 6.92 Å². The molecule has 5 unspecified atom stereocenters. The molecule has 0 heterocycles. The summed E-state index contributed by atoms with van der Waals surface area (Å²) in [6.45, 7) is 6.59. The topological polar surface area (TPSA) is 225 Å². The second-order valence-electron chi connectivity index (χ2n) is 8.13. The number of amides is 3. The summed E-state index contributed by atoms with van der Waals surface area (Å²) in [5, 5.41) is 34.0. The number of carbonyl (C=O) groups excluding carboxylic acids is 3. The lowest BCUT2D eigenvalue weighted by Gasteiger charge is -2.26.